The molecule has 0 spiro atoms. The molecule has 1 aromatic heterocycles. The molecule has 0 aliphatic heterocycles. The van der Waals surface area contributed by atoms with Crippen molar-refractivity contribution in [2.75, 3.05) is 66.1 Å². The molecule has 0 bridgehead atoms. The Labute approximate surface area is 428 Å². The lowest BCUT2D eigenvalue weighted by Crippen LogP contribution is -2.55. The van der Waals surface area contributed by atoms with Crippen molar-refractivity contribution in [3.05, 3.63) is 31.5 Å². The molecule has 1 rings (SSSR count). The first-order chi connectivity index (χ1) is 30.9. The minimum absolute atomic E-state index is 0.0457. The number of hydrogen-bond donors (Lipinski definition) is 7. The Morgan fingerprint density at radius 1 is 0.394 bits per heavy atom. The molecule has 0 radical (unpaired) electrons. The molecule has 384 valence electrons. The summed E-state index contributed by atoms with van der Waals surface area (Å²) in [5.74, 6) is -2.16. The summed E-state index contributed by atoms with van der Waals surface area (Å²) in [6, 6.07) is 0. The zero-order valence-corrected chi connectivity index (χ0v) is 45.6. The molecule has 0 saturated carbocycles. The number of esters is 4. The first kappa shape index (κ1) is 64.6. The predicted octanol–water partition coefficient (Wildman–Crippen LogP) is 4.33. The van der Waals surface area contributed by atoms with Crippen LogP contribution in [0.1, 0.15) is 93.4 Å². The van der Waals surface area contributed by atoms with Gasteiger partial charge < -0.3 is 33.2 Å². The number of carbonyl (C=O) groups is 4. The van der Waals surface area contributed by atoms with Crippen LogP contribution in [0.4, 0.5) is 0 Å². The average Bonchev–Trinajstić information content (AvgIpc) is 3.19. The smallest absolute Gasteiger partial charge is 0.336 e. The number of rotatable bonds is 34. The highest BCUT2D eigenvalue weighted by Gasteiger charge is 2.38. The third kappa shape index (κ3) is 31.7. The fraction of sp³-hybridized carbons (Fsp3) is 0.833. The highest BCUT2D eigenvalue weighted by atomic mass is 32.1. The highest BCUT2D eigenvalue weighted by molar-refractivity contribution is 7.81. The third-order valence-electron chi connectivity index (χ3n) is 8.81. The standard InChI is InChI=1S/C21H39N3O6S3.C21H36O8S4/c1-16(31)4-10-28-13-7-22-19(25)23(8-14-29-11-5-17(2)32)21(27)24(20(22)26)9-15-30-12-6-18(3)33;1-13(30)5-17(22)26-9-21(10-27-18(23)6-14(2)31,11-28-19(24)7-15(3)32)12-29-20(25)8-16(4)33/h16-18,31-33H,4-15H2,1-3H3;13-16,30-33H,5-12H2,1-4H3. The van der Waals surface area contributed by atoms with Crippen LogP contribution >= 0.6 is 88.4 Å². The summed E-state index contributed by atoms with van der Waals surface area (Å²) >= 11 is 29.6. The lowest BCUT2D eigenvalue weighted by molar-refractivity contribution is -0.170. The van der Waals surface area contributed by atoms with E-state index < -0.39 is 46.4 Å². The Morgan fingerprint density at radius 3 is 0.788 bits per heavy atom. The van der Waals surface area contributed by atoms with E-state index >= 15 is 0 Å². The van der Waals surface area contributed by atoms with Crippen LogP contribution in [0.2, 0.25) is 0 Å². The second kappa shape index (κ2) is 36.5. The molecular weight excluding hydrogens is 995 g/mol. The Morgan fingerprint density at radius 2 is 0.606 bits per heavy atom. The molecule has 0 saturated heterocycles. The van der Waals surface area contributed by atoms with Crippen molar-refractivity contribution in [3.8, 4) is 0 Å². The van der Waals surface area contributed by atoms with Crippen molar-refractivity contribution < 1.29 is 52.3 Å². The number of carbonyl (C=O) groups excluding carboxylic acids is 4. The molecule has 7 unspecified atom stereocenters. The molecule has 1 heterocycles. The van der Waals surface area contributed by atoms with Gasteiger partial charge in [0.25, 0.3) is 0 Å². The van der Waals surface area contributed by atoms with Gasteiger partial charge in [0.05, 0.1) is 65.1 Å². The van der Waals surface area contributed by atoms with E-state index in [4.69, 9.17) is 33.2 Å². The number of aromatic nitrogens is 3. The fourth-order valence-corrected chi connectivity index (χ4v) is 6.09. The third-order valence-corrected chi connectivity index (χ3v) is 10.3. The van der Waals surface area contributed by atoms with Gasteiger partial charge in [-0.15, -0.1) is 0 Å². The number of hydrogen-bond acceptors (Lipinski definition) is 21. The van der Waals surface area contributed by atoms with Crippen molar-refractivity contribution in [1.29, 1.82) is 0 Å². The van der Waals surface area contributed by atoms with Crippen molar-refractivity contribution in [1.82, 2.24) is 13.7 Å². The predicted molar refractivity (Wildman–Crippen MR) is 279 cm³/mol. The molecule has 0 fully saturated rings. The first-order valence-corrected chi connectivity index (χ1v) is 25.6. The zero-order valence-electron chi connectivity index (χ0n) is 39.4. The lowest BCUT2D eigenvalue weighted by atomic mass is 9.92. The molecule has 24 heteroatoms. The van der Waals surface area contributed by atoms with Crippen molar-refractivity contribution in [2.45, 2.75) is 150 Å². The van der Waals surface area contributed by atoms with E-state index in [1.165, 1.54) is 0 Å². The normalized spacial score (nSPS) is 15.4. The summed E-state index contributed by atoms with van der Waals surface area (Å²) in [5, 5.41) is -0.331. The summed E-state index contributed by atoms with van der Waals surface area (Å²) in [6.07, 6.45) is 2.45. The van der Waals surface area contributed by atoms with Gasteiger partial charge in [0, 0.05) is 56.6 Å². The van der Waals surface area contributed by atoms with Crippen molar-refractivity contribution >= 4 is 112 Å². The van der Waals surface area contributed by atoms with Gasteiger partial charge in [0.2, 0.25) is 0 Å². The molecule has 0 N–H and O–H groups in total. The number of ether oxygens (including phenoxy) is 7. The van der Waals surface area contributed by atoms with E-state index in [1.807, 2.05) is 20.8 Å². The van der Waals surface area contributed by atoms with Crippen molar-refractivity contribution in [3.63, 3.8) is 0 Å². The van der Waals surface area contributed by atoms with Crippen LogP contribution in [-0.2, 0) is 72.0 Å². The molecule has 1 aromatic rings. The quantitative estimate of drug-likeness (QED) is 0.0223. The van der Waals surface area contributed by atoms with Gasteiger partial charge in [-0.05, 0) is 19.3 Å². The van der Waals surface area contributed by atoms with Gasteiger partial charge in [-0.25, -0.2) is 28.1 Å². The lowest BCUT2D eigenvalue weighted by Gasteiger charge is -2.32. The highest BCUT2D eigenvalue weighted by Crippen LogP contribution is 2.23. The molecule has 0 aliphatic rings. The van der Waals surface area contributed by atoms with Gasteiger partial charge in [-0.1, -0.05) is 48.5 Å². The number of nitrogens with zero attached hydrogens (tertiary/aromatic N) is 3. The van der Waals surface area contributed by atoms with Crippen LogP contribution in [0.15, 0.2) is 14.4 Å². The van der Waals surface area contributed by atoms with E-state index in [-0.39, 0.29) is 128 Å². The maximum Gasteiger partial charge on any atom is 0.336 e. The van der Waals surface area contributed by atoms with Crippen LogP contribution in [0.3, 0.4) is 0 Å². The SMILES string of the molecule is CC(S)CC(=O)OCC(COC(=O)CC(C)S)(COC(=O)CC(C)S)COC(=O)CC(C)S.CC(S)CCOCCn1c(=O)n(CCOCCC(C)S)c(=O)n(CCOCCC(C)S)c1=O. The van der Waals surface area contributed by atoms with E-state index in [9.17, 15) is 33.6 Å². The van der Waals surface area contributed by atoms with Gasteiger partial charge in [-0.2, -0.15) is 88.4 Å². The summed E-state index contributed by atoms with van der Waals surface area (Å²) in [7, 11) is 0. The molecule has 0 amide bonds. The van der Waals surface area contributed by atoms with E-state index in [0.717, 1.165) is 33.0 Å². The minimum atomic E-state index is -1.30. The molecule has 66 heavy (non-hydrogen) atoms. The monoisotopic (exact) mass is 1070 g/mol. The topological polar surface area (TPSA) is 199 Å². The number of thiol groups is 7. The molecule has 7 atom stereocenters. The first-order valence-electron chi connectivity index (χ1n) is 22.0. The van der Waals surface area contributed by atoms with Gasteiger partial charge >= 0.3 is 40.9 Å². The van der Waals surface area contributed by atoms with Gasteiger partial charge in [0.1, 0.15) is 31.8 Å². The molecule has 0 aromatic carbocycles. The van der Waals surface area contributed by atoms with E-state index in [1.54, 1.807) is 27.7 Å². The average molecular weight is 1070 g/mol. The summed E-state index contributed by atoms with van der Waals surface area (Å²) < 4.78 is 41.1. The second-order valence-corrected chi connectivity index (χ2v) is 22.6. The Kier molecular flexibility index (Phi) is 35.8. The zero-order chi connectivity index (χ0) is 50.4. The fourth-order valence-electron chi connectivity index (χ4n) is 5.18. The maximum atomic E-state index is 12.9. The van der Waals surface area contributed by atoms with Crippen LogP contribution < -0.4 is 17.1 Å². The second-order valence-electron chi connectivity index (χ2n) is 16.4. The Balaban J connectivity index is 0.00000128. The Bertz CT molecular complexity index is 1490. The van der Waals surface area contributed by atoms with Gasteiger partial charge in [-0.3, -0.25) is 19.2 Å². The molecular formula is C42H75N3O14S7. The van der Waals surface area contributed by atoms with Crippen molar-refractivity contribution in [2.24, 2.45) is 5.41 Å². The van der Waals surface area contributed by atoms with Crippen LogP contribution in [-0.4, -0.2) is 140 Å². The van der Waals surface area contributed by atoms with E-state index in [2.05, 4.69) is 88.4 Å². The largest absolute Gasteiger partial charge is 0.465 e. The van der Waals surface area contributed by atoms with E-state index in [0.29, 0.717) is 19.8 Å². The Hall–Kier alpha value is -1.38. The molecule has 0 aliphatic carbocycles. The van der Waals surface area contributed by atoms with Crippen LogP contribution in [0, 0.1) is 5.41 Å². The summed E-state index contributed by atoms with van der Waals surface area (Å²) in [5.41, 5.74) is -3.29. The molecule has 17 nitrogen and oxygen atoms in total. The summed E-state index contributed by atoms with van der Waals surface area (Å²) in [4.78, 5) is 87.2. The van der Waals surface area contributed by atoms with Crippen LogP contribution in [0.5, 0.6) is 0 Å². The minimum Gasteiger partial charge on any atom is -0.465 e. The van der Waals surface area contributed by atoms with Gasteiger partial charge in [0.15, 0.2) is 0 Å². The summed E-state index contributed by atoms with van der Waals surface area (Å²) in [6.45, 7) is 13.7. The van der Waals surface area contributed by atoms with Crippen LogP contribution in [0.25, 0.3) is 0 Å². The maximum absolute atomic E-state index is 12.9.